The number of fused-ring (bicyclic) bond motifs is 1. The van der Waals surface area contributed by atoms with E-state index in [9.17, 15) is 9.90 Å². The molecule has 0 fully saturated rings. The van der Waals surface area contributed by atoms with Gasteiger partial charge in [0.1, 0.15) is 11.2 Å². The van der Waals surface area contributed by atoms with E-state index < -0.39 is 5.60 Å². The molecule has 1 heterocycles. The minimum absolute atomic E-state index is 0.277. The van der Waals surface area contributed by atoms with Crippen LogP contribution in [0.2, 0.25) is 0 Å². The highest BCUT2D eigenvalue weighted by molar-refractivity contribution is 5.84. The zero-order valence-electron chi connectivity index (χ0n) is 11.5. The first-order valence-corrected chi connectivity index (χ1v) is 6.32. The second kappa shape index (κ2) is 5.05. The predicted molar refractivity (Wildman–Crippen MR) is 73.9 cm³/mol. The Balaban J connectivity index is 2.05. The largest absolute Gasteiger partial charge is 0.464 e. The van der Waals surface area contributed by atoms with E-state index in [0.717, 1.165) is 16.5 Å². The Kier molecular flexibility index (Phi) is 3.62. The number of carbonyl (C=O) groups is 1. The van der Waals surface area contributed by atoms with Crippen LogP contribution in [0.5, 0.6) is 0 Å². The summed E-state index contributed by atoms with van der Waals surface area (Å²) in [5, 5.41) is 10.8. The van der Waals surface area contributed by atoms with Gasteiger partial charge in [0, 0.05) is 19.0 Å². The zero-order chi connectivity index (χ0) is 14.0. The second-order valence-corrected chi connectivity index (χ2v) is 5.29. The van der Waals surface area contributed by atoms with Crippen LogP contribution < -0.4 is 0 Å². The summed E-state index contributed by atoms with van der Waals surface area (Å²) in [5.74, 6) is -0.277. The summed E-state index contributed by atoms with van der Waals surface area (Å²) >= 11 is 0. The lowest BCUT2D eigenvalue weighted by atomic mass is 10.1. The molecule has 0 unspecified atom stereocenters. The van der Waals surface area contributed by atoms with E-state index in [4.69, 9.17) is 4.42 Å². The standard InChI is InChI=1S/C15H19NO3/c1-15(2,18)14(17)16(3)9-8-11-10-19-13-7-5-4-6-12(11)13/h4-7,10,18H,8-9H2,1-3H3. The van der Waals surface area contributed by atoms with E-state index in [2.05, 4.69) is 0 Å². The van der Waals surface area contributed by atoms with Gasteiger partial charge in [0.25, 0.3) is 5.91 Å². The van der Waals surface area contributed by atoms with Gasteiger partial charge in [0.05, 0.1) is 6.26 Å². The van der Waals surface area contributed by atoms with Gasteiger partial charge < -0.3 is 14.4 Å². The van der Waals surface area contributed by atoms with Crippen LogP contribution in [0.3, 0.4) is 0 Å². The highest BCUT2D eigenvalue weighted by Gasteiger charge is 2.27. The average molecular weight is 261 g/mol. The molecule has 0 aliphatic heterocycles. The maximum absolute atomic E-state index is 11.8. The molecule has 0 aliphatic carbocycles. The monoisotopic (exact) mass is 261 g/mol. The second-order valence-electron chi connectivity index (χ2n) is 5.29. The van der Waals surface area contributed by atoms with Gasteiger partial charge in [-0.15, -0.1) is 0 Å². The smallest absolute Gasteiger partial charge is 0.253 e. The maximum Gasteiger partial charge on any atom is 0.253 e. The van der Waals surface area contributed by atoms with Crippen molar-refractivity contribution in [2.75, 3.05) is 13.6 Å². The van der Waals surface area contributed by atoms with Gasteiger partial charge in [-0.3, -0.25) is 4.79 Å². The number of likely N-dealkylation sites (N-methyl/N-ethyl adjacent to an activating group) is 1. The topological polar surface area (TPSA) is 53.7 Å². The molecular weight excluding hydrogens is 242 g/mol. The summed E-state index contributed by atoms with van der Waals surface area (Å²) in [7, 11) is 1.70. The van der Waals surface area contributed by atoms with Crippen molar-refractivity contribution in [2.24, 2.45) is 0 Å². The fourth-order valence-electron chi connectivity index (χ4n) is 2.08. The number of para-hydroxylation sites is 1. The van der Waals surface area contributed by atoms with E-state index in [-0.39, 0.29) is 5.91 Å². The quantitative estimate of drug-likeness (QED) is 0.918. The van der Waals surface area contributed by atoms with Crippen molar-refractivity contribution < 1.29 is 14.3 Å². The summed E-state index contributed by atoms with van der Waals surface area (Å²) in [5.41, 5.74) is 0.604. The lowest BCUT2D eigenvalue weighted by Gasteiger charge is -2.24. The minimum atomic E-state index is -1.33. The fourth-order valence-corrected chi connectivity index (χ4v) is 2.08. The summed E-state index contributed by atoms with van der Waals surface area (Å²) in [6.45, 7) is 3.55. The van der Waals surface area contributed by atoms with Crippen LogP contribution in [0.4, 0.5) is 0 Å². The zero-order valence-corrected chi connectivity index (χ0v) is 11.5. The Morgan fingerprint density at radius 3 is 2.74 bits per heavy atom. The molecule has 0 saturated carbocycles. The Morgan fingerprint density at radius 2 is 2.05 bits per heavy atom. The third-order valence-corrected chi connectivity index (χ3v) is 3.15. The van der Waals surface area contributed by atoms with Gasteiger partial charge in [0.15, 0.2) is 0 Å². The van der Waals surface area contributed by atoms with E-state index in [1.165, 1.54) is 13.8 Å². The number of furan rings is 1. The summed E-state index contributed by atoms with van der Waals surface area (Å²) in [4.78, 5) is 13.4. The van der Waals surface area contributed by atoms with Crippen LogP contribution in [0, 0.1) is 0 Å². The first kappa shape index (κ1) is 13.6. The summed E-state index contributed by atoms with van der Waals surface area (Å²) < 4.78 is 5.46. The summed E-state index contributed by atoms with van der Waals surface area (Å²) in [6, 6.07) is 7.82. The van der Waals surface area contributed by atoms with Gasteiger partial charge in [-0.25, -0.2) is 0 Å². The van der Waals surface area contributed by atoms with Crippen molar-refractivity contribution in [1.29, 1.82) is 0 Å². The first-order valence-electron chi connectivity index (χ1n) is 6.32. The number of hydrogen-bond donors (Lipinski definition) is 1. The third kappa shape index (κ3) is 2.96. The van der Waals surface area contributed by atoms with E-state index >= 15 is 0 Å². The molecule has 4 nitrogen and oxygen atoms in total. The van der Waals surface area contributed by atoms with E-state index in [1.54, 1.807) is 18.2 Å². The molecule has 0 saturated heterocycles. The predicted octanol–water partition coefficient (Wildman–Crippen LogP) is 2.20. The van der Waals surface area contributed by atoms with Gasteiger partial charge in [-0.1, -0.05) is 18.2 Å². The SMILES string of the molecule is CN(CCc1coc2ccccc12)C(=O)C(C)(C)O. The van der Waals surface area contributed by atoms with Crippen molar-refractivity contribution >= 4 is 16.9 Å². The first-order chi connectivity index (χ1) is 8.89. The van der Waals surface area contributed by atoms with Gasteiger partial charge >= 0.3 is 0 Å². The van der Waals surface area contributed by atoms with Crippen LogP contribution in [-0.2, 0) is 11.2 Å². The Labute approximate surface area is 112 Å². The molecule has 1 amide bonds. The van der Waals surface area contributed by atoms with Crippen molar-refractivity contribution in [2.45, 2.75) is 25.9 Å². The van der Waals surface area contributed by atoms with Crippen molar-refractivity contribution in [3.63, 3.8) is 0 Å². The van der Waals surface area contributed by atoms with Gasteiger partial charge in [0.2, 0.25) is 0 Å². The van der Waals surface area contributed by atoms with Crippen LogP contribution in [0.25, 0.3) is 11.0 Å². The molecule has 2 aromatic rings. The molecule has 1 aromatic heterocycles. The van der Waals surface area contributed by atoms with Crippen molar-refractivity contribution in [3.05, 3.63) is 36.1 Å². The third-order valence-electron chi connectivity index (χ3n) is 3.15. The van der Waals surface area contributed by atoms with E-state index in [0.29, 0.717) is 13.0 Å². The molecule has 1 aromatic carbocycles. The maximum atomic E-state index is 11.8. The van der Waals surface area contributed by atoms with Crippen LogP contribution in [-0.4, -0.2) is 35.1 Å². The van der Waals surface area contributed by atoms with Crippen LogP contribution in [0.15, 0.2) is 34.9 Å². The molecule has 0 spiro atoms. The number of nitrogens with zero attached hydrogens (tertiary/aromatic N) is 1. The molecule has 102 valence electrons. The minimum Gasteiger partial charge on any atom is -0.464 e. The molecule has 4 heteroatoms. The number of hydrogen-bond acceptors (Lipinski definition) is 3. The number of rotatable bonds is 4. The van der Waals surface area contributed by atoms with Gasteiger partial charge in [-0.05, 0) is 31.9 Å². The summed E-state index contributed by atoms with van der Waals surface area (Å²) in [6.07, 6.45) is 2.43. The Hall–Kier alpha value is -1.81. The molecule has 0 radical (unpaired) electrons. The number of aliphatic hydroxyl groups is 1. The van der Waals surface area contributed by atoms with Crippen molar-refractivity contribution in [3.8, 4) is 0 Å². The fraction of sp³-hybridized carbons (Fsp3) is 0.400. The Bertz CT molecular complexity index is 580. The van der Waals surface area contributed by atoms with Crippen LogP contribution >= 0.6 is 0 Å². The van der Waals surface area contributed by atoms with Crippen molar-refractivity contribution in [1.82, 2.24) is 4.90 Å². The molecule has 1 N–H and O–H groups in total. The van der Waals surface area contributed by atoms with Gasteiger partial charge in [-0.2, -0.15) is 0 Å². The molecular formula is C15H19NO3. The molecule has 2 rings (SSSR count). The number of benzene rings is 1. The highest BCUT2D eigenvalue weighted by atomic mass is 16.3. The lowest BCUT2D eigenvalue weighted by Crippen LogP contribution is -2.43. The Morgan fingerprint density at radius 1 is 1.37 bits per heavy atom. The molecule has 0 atom stereocenters. The molecule has 19 heavy (non-hydrogen) atoms. The number of amides is 1. The van der Waals surface area contributed by atoms with E-state index in [1.807, 2.05) is 24.3 Å². The molecule has 0 bridgehead atoms. The van der Waals surface area contributed by atoms with Crippen LogP contribution in [0.1, 0.15) is 19.4 Å². The highest BCUT2D eigenvalue weighted by Crippen LogP contribution is 2.21. The average Bonchev–Trinajstić information content (AvgIpc) is 2.77. The lowest BCUT2D eigenvalue weighted by molar-refractivity contribution is -0.146. The molecule has 0 aliphatic rings. The number of carbonyl (C=O) groups excluding carboxylic acids is 1. The normalized spacial score (nSPS) is 11.8.